The molecule has 20 heavy (non-hydrogen) atoms. The van der Waals surface area contributed by atoms with Crippen molar-refractivity contribution in [2.45, 2.75) is 43.9 Å². The van der Waals surface area contributed by atoms with Crippen LogP contribution in [0, 0.1) is 0 Å². The van der Waals surface area contributed by atoms with Crippen LogP contribution in [0.25, 0.3) is 0 Å². The summed E-state index contributed by atoms with van der Waals surface area (Å²) in [5.41, 5.74) is 8.41. The minimum Gasteiger partial charge on any atom is -0.399 e. The molecular weight excluding hydrogens is 276 g/mol. The van der Waals surface area contributed by atoms with E-state index in [1.165, 1.54) is 13.8 Å². The number of anilines is 1. The summed E-state index contributed by atoms with van der Waals surface area (Å²) < 4.78 is 24.5. The zero-order valence-corrected chi connectivity index (χ0v) is 12.4. The van der Waals surface area contributed by atoms with Gasteiger partial charge < -0.3 is 5.73 Å². The molecule has 1 aliphatic carbocycles. The maximum atomic E-state index is 12.3. The van der Waals surface area contributed by atoms with Crippen LogP contribution in [0.2, 0.25) is 0 Å². The quantitative estimate of drug-likeness (QED) is 0.798. The number of rotatable bonds is 1. The molecule has 1 heterocycles. The molecule has 6 heteroatoms. The number of sulfonamides is 1. The third-order valence-corrected chi connectivity index (χ3v) is 6.75. The molecule has 3 rings (SSSR count). The van der Waals surface area contributed by atoms with E-state index in [1.54, 1.807) is 6.07 Å². The van der Waals surface area contributed by atoms with Gasteiger partial charge in [0.25, 0.3) is 15.9 Å². The number of hydrogen-bond acceptors (Lipinski definition) is 4. The van der Waals surface area contributed by atoms with Gasteiger partial charge in [0.2, 0.25) is 0 Å². The number of amides is 1. The summed E-state index contributed by atoms with van der Waals surface area (Å²) in [5.74, 6) is -0.313. The summed E-state index contributed by atoms with van der Waals surface area (Å²) in [7, 11) is -3.55. The van der Waals surface area contributed by atoms with Crippen molar-refractivity contribution >= 4 is 21.6 Å². The summed E-state index contributed by atoms with van der Waals surface area (Å²) >= 11 is 0. The molecule has 1 saturated heterocycles. The summed E-state index contributed by atoms with van der Waals surface area (Å²) in [6.07, 6.45) is 2.42. The normalized spacial score (nSPS) is 26.8. The van der Waals surface area contributed by atoms with Crippen molar-refractivity contribution in [2.75, 3.05) is 5.73 Å². The van der Waals surface area contributed by atoms with Crippen molar-refractivity contribution in [3.05, 3.63) is 29.3 Å². The van der Waals surface area contributed by atoms with E-state index in [0.717, 1.165) is 28.3 Å². The van der Waals surface area contributed by atoms with Gasteiger partial charge in [-0.15, -0.1) is 0 Å². The maximum Gasteiger partial charge on any atom is 0.259 e. The molecule has 1 unspecified atom stereocenters. The fraction of sp³-hybridized carbons (Fsp3) is 0.500. The van der Waals surface area contributed by atoms with E-state index in [0.29, 0.717) is 12.1 Å². The minimum absolute atomic E-state index is 0.313. The van der Waals surface area contributed by atoms with Gasteiger partial charge in [0.1, 0.15) is 0 Å². The Morgan fingerprint density at radius 3 is 2.70 bits per heavy atom. The Balaban J connectivity index is 2.05. The lowest BCUT2D eigenvalue weighted by Crippen LogP contribution is -2.68. The van der Waals surface area contributed by atoms with Gasteiger partial charge in [-0.1, -0.05) is 6.07 Å². The van der Waals surface area contributed by atoms with Gasteiger partial charge in [0.15, 0.2) is 4.75 Å². The van der Waals surface area contributed by atoms with Crippen LogP contribution in [0.1, 0.15) is 43.9 Å². The minimum atomic E-state index is -3.55. The van der Waals surface area contributed by atoms with Crippen LogP contribution < -0.4 is 5.73 Å². The maximum absolute atomic E-state index is 12.3. The van der Waals surface area contributed by atoms with Crippen molar-refractivity contribution in [3.8, 4) is 0 Å². The predicted octanol–water partition coefficient (Wildman–Crippen LogP) is 1.60. The highest BCUT2D eigenvalue weighted by molar-refractivity contribution is 7.94. The summed E-state index contributed by atoms with van der Waals surface area (Å²) in [4.78, 5) is 12.2. The SMILES string of the molecule is CC1(C)C(=O)N(C2CCCc3cc(N)ccc32)S1(=O)=O. The molecule has 5 nitrogen and oxygen atoms in total. The van der Waals surface area contributed by atoms with E-state index in [4.69, 9.17) is 5.73 Å². The van der Waals surface area contributed by atoms with Gasteiger partial charge in [-0.3, -0.25) is 4.79 Å². The van der Waals surface area contributed by atoms with Crippen LogP contribution >= 0.6 is 0 Å². The Morgan fingerprint density at radius 2 is 2.05 bits per heavy atom. The Bertz CT molecular complexity index is 694. The van der Waals surface area contributed by atoms with Crippen LogP contribution in [-0.2, 0) is 21.2 Å². The summed E-state index contributed by atoms with van der Waals surface area (Å²) in [6, 6.07) is 5.12. The highest BCUT2D eigenvalue weighted by atomic mass is 32.2. The molecular formula is C14H18N2O3S. The molecule has 2 aliphatic rings. The van der Waals surface area contributed by atoms with Gasteiger partial charge in [0.05, 0.1) is 6.04 Å². The van der Waals surface area contributed by atoms with Gasteiger partial charge >= 0.3 is 0 Å². The number of nitrogens with zero attached hydrogens (tertiary/aromatic N) is 1. The number of nitrogens with two attached hydrogens (primary N) is 1. The van der Waals surface area contributed by atoms with E-state index in [1.807, 2.05) is 12.1 Å². The average molecular weight is 294 g/mol. The molecule has 108 valence electrons. The Labute approximate surface area is 118 Å². The van der Waals surface area contributed by atoms with E-state index in [9.17, 15) is 13.2 Å². The molecule has 0 radical (unpaired) electrons. The van der Waals surface area contributed by atoms with E-state index in [-0.39, 0.29) is 11.9 Å². The number of benzene rings is 1. The van der Waals surface area contributed by atoms with Crippen molar-refractivity contribution in [2.24, 2.45) is 0 Å². The number of nitrogen functional groups attached to an aromatic ring is 1. The van der Waals surface area contributed by atoms with Crippen LogP contribution in [0.15, 0.2) is 18.2 Å². The zero-order valence-electron chi connectivity index (χ0n) is 11.6. The third-order valence-electron chi connectivity index (χ3n) is 4.35. The van der Waals surface area contributed by atoms with Crippen molar-refractivity contribution in [3.63, 3.8) is 0 Å². The molecule has 0 saturated carbocycles. The topological polar surface area (TPSA) is 80.5 Å². The molecule has 2 N–H and O–H groups in total. The molecule has 1 aliphatic heterocycles. The highest BCUT2D eigenvalue weighted by Gasteiger charge is 2.62. The smallest absolute Gasteiger partial charge is 0.259 e. The number of fused-ring (bicyclic) bond motifs is 1. The van der Waals surface area contributed by atoms with Gasteiger partial charge in [-0.25, -0.2) is 12.7 Å². The van der Waals surface area contributed by atoms with Gasteiger partial charge in [-0.2, -0.15) is 0 Å². The molecule has 1 amide bonds. The molecule has 0 aromatic heterocycles. The second-order valence-electron chi connectivity index (χ2n) is 5.98. The summed E-state index contributed by atoms with van der Waals surface area (Å²) in [6.45, 7) is 2.93. The van der Waals surface area contributed by atoms with Crippen LogP contribution in [-0.4, -0.2) is 23.4 Å². The molecule has 1 aromatic rings. The summed E-state index contributed by atoms with van der Waals surface area (Å²) in [5, 5.41) is 0. The number of hydrogen-bond donors (Lipinski definition) is 1. The first-order valence-electron chi connectivity index (χ1n) is 6.73. The zero-order chi connectivity index (χ0) is 14.7. The van der Waals surface area contributed by atoms with Gasteiger partial charge in [-0.05, 0) is 56.4 Å². The van der Waals surface area contributed by atoms with Crippen LogP contribution in [0.3, 0.4) is 0 Å². The number of aryl methyl sites for hydroxylation is 1. The number of carbonyl (C=O) groups is 1. The lowest BCUT2D eigenvalue weighted by atomic mass is 9.87. The molecule has 1 atom stereocenters. The van der Waals surface area contributed by atoms with E-state index in [2.05, 4.69) is 0 Å². The van der Waals surface area contributed by atoms with Crippen LogP contribution in [0.4, 0.5) is 5.69 Å². The largest absolute Gasteiger partial charge is 0.399 e. The first-order valence-corrected chi connectivity index (χ1v) is 8.17. The van der Waals surface area contributed by atoms with E-state index < -0.39 is 14.8 Å². The lowest BCUT2D eigenvalue weighted by Gasteiger charge is -2.48. The Hall–Kier alpha value is -1.56. The number of carbonyl (C=O) groups excluding carboxylic acids is 1. The molecule has 0 spiro atoms. The monoisotopic (exact) mass is 294 g/mol. The third kappa shape index (κ3) is 1.54. The predicted molar refractivity (Wildman–Crippen MR) is 76.4 cm³/mol. The molecule has 1 aromatic carbocycles. The van der Waals surface area contributed by atoms with Crippen LogP contribution in [0.5, 0.6) is 0 Å². The first-order chi connectivity index (χ1) is 9.26. The Kier molecular flexibility index (Phi) is 2.67. The lowest BCUT2D eigenvalue weighted by molar-refractivity contribution is -0.134. The van der Waals surface area contributed by atoms with E-state index >= 15 is 0 Å². The van der Waals surface area contributed by atoms with Crippen molar-refractivity contribution in [1.29, 1.82) is 0 Å². The second kappa shape index (κ2) is 3.97. The van der Waals surface area contributed by atoms with Gasteiger partial charge in [0, 0.05) is 5.69 Å². The highest BCUT2D eigenvalue weighted by Crippen LogP contribution is 2.45. The Morgan fingerprint density at radius 1 is 1.35 bits per heavy atom. The van der Waals surface area contributed by atoms with Crippen molar-refractivity contribution < 1.29 is 13.2 Å². The van der Waals surface area contributed by atoms with Crippen molar-refractivity contribution in [1.82, 2.24) is 4.31 Å². The second-order valence-corrected chi connectivity index (χ2v) is 8.35. The first kappa shape index (κ1) is 13.4. The standard InChI is InChI=1S/C14H18N2O3S/c1-14(2)13(17)16(20(14,18)19)12-5-3-4-9-8-10(15)6-7-11(9)12/h6-8,12H,3-5,15H2,1-2H3. The fourth-order valence-electron chi connectivity index (χ4n) is 3.05. The fourth-order valence-corrected chi connectivity index (χ4v) is 4.73. The molecule has 0 bridgehead atoms. The average Bonchev–Trinajstić information content (AvgIpc) is 2.38. The molecule has 1 fully saturated rings.